The van der Waals surface area contributed by atoms with Gasteiger partial charge >= 0.3 is 0 Å². The molecule has 2 heterocycles. The second-order valence-electron chi connectivity index (χ2n) is 5.74. The first kappa shape index (κ1) is 12.8. The number of rotatable bonds is 4. The Morgan fingerprint density at radius 3 is 2.53 bits per heavy atom. The van der Waals surface area contributed by atoms with Gasteiger partial charge in [-0.3, -0.25) is 4.90 Å². The molecule has 2 fully saturated rings. The summed E-state index contributed by atoms with van der Waals surface area (Å²) in [5, 5.41) is 0. The average Bonchev–Trinajstić information content (AvgIpc) is 2.40. The van der Waals surface area contributed by atoms with E-state index in [-0.39, 0.29) is 0 Å². The molecule has 0 bridgehead atoms. The minimum absolute atomic E-state index is 0.555. The molecule has 1 spiro atoms. The zero-order valence-electron chi connectivity index (χ0n) is 11.3. The van der Waals surface area contributed by atoms with Crippen molar-refractivity contribution in [3.05, 3.63) is 24.3 Å². The summed E-state index contributed by atoms with van der Waals surface area (Å²) in [5.74, 6) is 0.899. The summed E-state index contributed by atoms with van der Waals surface area (Å²) in [6.45, 7) is 6.05. The summed E-state index contributed by atoms with van der Waals surface area (Å²) in [4.78, 5) is 2.47. The van der Waals surface area contributed by atoms with Crippen molar-refractivity contribution in [2.45, 2.75) is 12.8 Å². The second kappa shape index (κ2) is 5.39. The molecule has 104 valence electrons. The molecule has 0 atom stereocenters. The van der Waals surface area contributed by atoms with Crippen LogP contribution in [0.5, 0.6) is 5.75 Å². The van der Waals surface area contributed by atoms with Crippen LogP contribution in [0.1, 0.15) is 12.8 Å². The first-order valence-corrected chi connectivity index (χ1v) is 7.04. The Kier molecular flexibility index (Phi) is 3.62. The van der Waals surface area contributed by atoms with Gasteiger partial charge in [0.2, 0.25) is 0 Å². The lowest BCUT2D eigenvalue weighted by Crippen LogP contribution is -2.59. The zero-order chi connectivity index (χ0) is 13.1. The highest BCUT2D eigenvalue weighted by atomic mass is 16.5. The summed E-state index contributed by atoms with van der Waals surface area (Å²) in [6.07, 6.45) is 2.45. The van der Waals surface area contributed by atoms with Crippen LogP contribution < -0.4 is 10.5 Å². The molecular formula is C15H22N2O2. The predicted octanol–water partition coefficient (Wildman–Crippen LogP) is 1.76. The minimum atomic E-state index is 0.555. The Bertz CT molecular complexity index is 405. The number of ether oxygens (including phenoxy) is 2. The molecule has 0 amide bonds. The van der Waals surface area contributed by atoms with Crippen molar-refractivity contribution in [2.75, 3.05) is 45.2 Å². The van der Waals surface area contributed by atoms with Crippen molar-refractivity contribution in [1.29, 1.82) is 0 Å². The monoisotopic (exact) mass is 262 g/mol. The Labute approximate surface area is 114 Å². The average molecular weight is 262 g/mol. The van der Waals surface area contributed by atoms with E-state index in [1.165, 1.54) is 25.9 Å². The van der Waals surface area contributed by atoms with Gasteiger partial charge in [-0.2, -0.15) is 0 Å². The van der Waals surface area contributed by atoms with Crippen LogP contribution in [0.4, 0.5) is 5.69 Å². The third kappa shape index (κ3) is 3.01. The number of nitrogens with zero attached hydrogens (tertiary/aromatic N) is 1. The number of hydrogen-bond donors (Lipinski definition) is 1. The lowest BCUT2D eigenvalue weighted by Gasteiger charge is -2.52. The summed E-state index contributed by atoms with van der Waals surface area (Å²) in [6, 6.07) is 7.59. The Morgan fingerprint density at radius 2 is 1.84 bits per heavy atom. The molecular weight excluding hydrogens is 240 g/mol. The van der Waals surface area contributed by atoms with Crippen LogP contribution in [0, 0.1) is 5.41 Å². The lowest BCUT2D eigenvalue weighted by molar-refractivity contribution is -0.0829. The Hall–Kier alpha value is -1.26. The quantitative estimate of drug-likeness (QED) is 0.840. The van der Waals surface area contributed by atoms with Crippen LogP contribution >= 0.6 is 0 Å². The lowest BCUT2D eigenvalue weighted by atomic mass is 9.73. The van der Waals surface area contributed by atoms with E-state index in [4.69, 9.17) is 15.2 Å². The molecule has 4 heteroatoms. The van der Waals surface area contributed by atoms with Crippen molar-refractivity contribution in [2.24, 2.45) is 5.41 Å². The Balaban J connectivity index is 1.37. The molecule has 1 aromatic rings. The molecule has 0 aliphatic carbocycles. The minimum Gasteiger partial charge on any atom is -0.492 e. The van der Waals surface area contributed by atoms with Crippen molar-refractivity contribution < 1.29 is 9.47 Å². The van der Waals surface area contributed by atoms with E-state index in [1.54, 1.807) is 0 Å². The highest BCUT2D eigenvalue weighted by molar-refractivity contribution is 5.41. The van der Waals surface area contributed by atoms with Crippen molar-refractivity contribution in [1.82, 2.24) is 4.90 Å². The van der Waals surface area contributed by atoms with Gasteiger partial charge in [-0.25, -0.2) is 0 Å². The number of nitrogen functional groups attached to an aromatic ring is 1. The first-order chi connectivity index (χ1) is 9.26. The fourth-order valence-corrected chi connectivity index (χ4v) is 3.04. The molecule has 3 rings (SSSR count). The molecule has 19 heavy (non-hydrogen) atoms. The first-order valence-electron chi connectivity index (χ1n) is 7.04. The molecule has 1 aromatic carbocycles. The third-order valence-electron chi connectivity index (χ3n) is 4.23. The highest BCUT2D eigenvalue weighted by Crippen LogP contribution is 2.39. The fourth-order valence-electron chi connectivity index (χ4n) is 3.04. The van der Waals surface area contributed by atoms with E-state index in [2.05, 4.69) is 4.90 Å². The summed E-state index contributed by atoms with van der Waals surface area (Å²) in [5.41, 5.74) is 6.97. The van der Waals surface area contributed by atoms with Crippen molar-refractivity contribution in [3.63, 3.8) is 0 Å². The van der Waals surface area contributed by atoms with Gasteiger partial charge in [0.25, 0.3) is 0 Å². The van der Waals surface area contributed by atoms with E-state index in [0.29, 0.717) is 5.41 Å². The van der Waals surface area contributed by atoms with Gasteiger partial charge in [0.15, 0.2) is 0 Å². The standard InChI is InChI=1S/C15H22N2O2/c16-13-1-3-14(4-2-13)19-10-7-17-11-15(12-17)5-8-18-9-6-15/h1-4H,5-12,16H2. The van der Waals surface area contributed by atoms with Crippen LogP contribution in [0.2, 0.25) is 0 Å². The third-order valence-corrected chi connectivity index (χ3v) is 4.23. The largest absolute Gasteiger partial charge is 0.492 e. The van der Waals surface area contributed by atoms with Crippen LogP contribution in [-0.4, -0.2) is 44.4 Å². The summed E-state index contributed by atoms with van der Waals surface area (Å²) in [7, 11) is 0. The van der Waals surface area contributed by atoms with E-state index < -0.39 is 0 Å². The van der Waals surface area contributed by atoms with Gasteiger partial charge in [0, 0.05) is 44.0 Å². The van der Waals surface area contributed by atoms with E-state index in [1.807, 2.05) is 24.3 Å². The van der Waals surface area contributed by atoms with E-state index >= 15 is 0 Å². The van der Waals surface area contributed by atoms with E-state index in [0.717, 1.165) is 37.8 Å². The smallest absolute Gasteiger partial charge is 0.119 e. The van der Waals surface area contributed by atoms with Gasteiger partial charge in [0.05, 0.1) is 0 Å². The van der Waals surface area contributed by atoms with Crippen LogP contribution in [0.25, 0.3) is 0 Å². The van der Waals surface area contributed by atoms with Gasteiger partial charge in [0.1, 0.15) is 12.4 Å². The van der Waals surface area contributed by atoms with Gasteiger partial charge in [-0.15, -0.1) is 0 Å². The van der Waals surface area contributed by atoms with Crippen LogP contribution in [0.15, 0.2) is 24.3 Å². The summed E-state index contributed by atoms with van der Waals surface area (Å²) >= 11 is 0. The van der Waals surface area contributed by atoms with Gasteiger partial charge in [-0.05, 0) is 37.1 Å². The van der Waals surface area contributed by atoms with Crippen molar-refractivity contribution in [3.8, 4) is 5.75 Å². The SMILES string of the molecule is Nc1ccc(OCCN2CC3(CCOCC3)C2)cc1. The summed E-state index contributed by atoms with van der Waals surface area (Å²) < 4.78 is 11.2. The number of nitrogens with two attached hydrogens (primary N) is 1. The topological polar surface area (TPSA) is 47.7 Å². The molecule has 4 nitrogen and oxygen atoms in total. The van der Waals surface area contributed by atoms with Gasteiger partial charge in [-0.1, -0.05) is 0 Å². The number of anilines is 1. The van der Waals surface area contributed by atoms with Crippen molar-refractivity contribution >= 4 is 5.69 Å². The maximum absolute atomic E-state index is 5.72. The highest BCUT2D eigenvalue weighted by Gasteiger charge is 2.43. The maximum atomic E-state index is 5.72. The molecule has 0 aromatic heterocycles. The number of likely N-dealkylation sites (tertiary alicyclic amines) is 1. The number of hydrogen-bond acceptors (Lipinski definition) is 4. The molecule has 2 aliphatic heterocycles. The molecule has 2 aliphatic rings. The predicted molar refractivity (Wildman–Crippen MR) is 75.3 cm³/mol. The molecule has 0 saturated carbocycles. The van der Waals surface area contributed by atoms with Crippen LogP contribution in [-0.2, 0) is 4.74 Å². The number of benzene rings is 1. The fraction of sp³-hybridized carbons (Fsp3) is 0.600. The van der Waals surface area contributed by atoms with Crippen LogP contribution in [0.3, 0.4) is 0 Å². The molecule has 0 unspecified atom stereocenters. The molecule has 2 N–H and O–H groups in total. The normalized spacial score (nSPS) is 22.1. The Morgan fingerprint density at radius 1 is 1.16 bits per heavy atom. The molecule has 2 saturated heterocycles. The van der Waals surface area contributed by atoms with Gasteiger partial charge < -0.3 is 15.2 Å². The second-order valence-corrected chi connectivity index (χ2v) is 5.74. The molecule has 0 radical (unpaired) electrons. The zero-order valence-corrected chi connectivity index (χ0v) is 11.3. The van der Waals surface area contributed by atoms with E-state index in [9.17, 15) is 0 Å². The maximum Gasteiger partial charge on any atom is 0.119 e.